The summed E-state index contributed by atoms with van der Waals surface area (Å²) in [6, 6.07) is 7.36. The molecule has 0 saturated heterocycles. The van der Waals surface area contributed by atoms with Gasteiger partial charge in [-0.05, 0) is 74.8 Å². The minimum Gasteiger partial charge on any atom is -0.494 e. The fourth-order valence-corrected chi connectivity index (χ4v) is 5.82. The van der Waals surface area contributed by atoms with Gasteiger partial charge in [0.05, 0.1) is 6.61 Å². The van der Waals surface area contributed by atoms with E-state index in [0.29, 0.717) is 30.0 Å². The van der Waals surface area contributed by atoms with Crippen molar-refractivity contribution in [3.8, 4) is 5.75 Å². The van der Waals surface area contributed by atoms with Crippen molar-refractivity contribution in [3.05, 3.63) is 24.3 Å². The summed E-state index contributed by atoms with van der Waals surface area (Å²) >= 11 is 0. The smallest absolute Gasteiger partial charge is 0.292 e. The van der Waals surface area contributed by atoms with Gasteiger partial charge < -0.3 is 10.1 Å². The van der Waals surface area contributed by atoms with Gasteiger partial charge in [-0.25, -0.2) is 0 Å². The van der Waals surface area contributed by atoms with Crippen LogP contribution in [0, 0.1) is 23.2 Å². The molecule has 0 heterocycles. The molecule has 1 N–H and O–H groups in total. The van der Waals surface area contributed by atoms with E-state index in [1.165, 1.54) is 19.3 Å². The summed E-state index contributed by atoms with van der Waals surface area (Å²) in [4.78, 5) is 25.8. The Morgan fingerprint density at radius 2 is 1.77 bits per heavy atom. The number of carbonyl (C=O) groups excluding carboxylic acids is 2. The number of nitrogens with one attached hydrogen (secondary N) is 1. The molecule has 0 aromatic heterocycles. The molecule has 1 aromatic carbocycles. The van der Waals surface area contributed by atoms with E-state index < -0.39 is 5.91 Å². The van der Waals surface area contributed by atoms with Crippen LogP contribution in [-0.2, 0) is 9.59 Å². The van der Waals surface area contributed by atoms with Gasteiger partial charge in [0, 0.05) is 17.2 Å². The van der Waals surface area contributed by atoms with E-state index in [1.54, 1.807) is 6.07 Å². The summed E-state index contributed by atoms with van der Waals surface area (Å²) in [5.74, 6) is 2.08. The number of rotatable bonds is 7. The molecular weight excluding hydrogens is 326 g/mol. The largest absolute Gasteiger partial charge is 0.494 e. The predicted molar refractivity (Wildman–Crippen MR) is 101 cm³/mol. The van der Waals surface area contributed by atoms with E-state index in [-0.39, 0.29) is 11.2 Å². The first-order valence-electron chi connectivity index (χ1n) is 10.2. The second kappa shape index (κ2) is 7.05. The first-order valence-corrected chi connectivity index (χ1v) is 10.2. The maximum Gasteiger partial charge on any atom is 0.292 e. The van der Waals surface area contributed by atoms with Gasteiger partial charge in [-0.2, -0.15) is 0 Å². The average molecular weight is 355 g/mol. The van der Waals surface area contributed by atoms with Crippen molar-refractivity contribution in [2.45, 2.75) is 58.3 Å². The summed E-state index contributed by atoms with van der Waals surface area (Å²) in [5, 5.41) is 2.83. The highest BCUT2D eigenvalue weighted by molar-refractivity contribution is 6.42. The van der Waals surface area contributed by atoms with Crippen molar-refractivity contribution in [2.24, 2.45) is 23.2 Å². The highest BCUT2D eigenvalue weighted by Gasteiger charge is 2.55. The lowest BCUT2D eigenvalue weighted by Gasteiger charge is -2.55. The highest BCUT2D eigenvalue weighted by Crippen LogP contribution is 2.60. The van der Waals surface area contributed by atoms with Crippen molar-refractivity contribution >= 4 is 17.4 Å². The molecule has 4 nitrogen and oxygen atoms in total. The van der Waals surface area contributed by atoms with Crippen LogP contribution in [0.5, 0.6) is 5.75 Å². The van der Waals surface area contributed by atoms with Gasteiger partial charge >= 0.3 is 0 Å². The number of ketones is 1. The first kappa shape index (κ1) is 17.6. The highest BCUT2D eigenvalue weighted by atomic mass is 16.5. The lowest BCUT2D eigenvalue weighted by Crippen LogP contribution is -2.52. The fourth-order valence-electron chi connectivity index (χ4n) is 5.82. The SMILES string of the molecule is CCCCOc1cccc(NC(=O)C(=O)C23CC4CC(CC(C4)C2)C3)c1. The molecule has 1 amide bonds. The van der Waals surface area contributed by atoms with E-state index in [4.69, 9.17) is 4.74 Å². The van der Waals surface area contributed by atoms with Crippen LogP contribution in [0.3, 0.4) is 0 Å². The maximum atomic E-state index is 13.1. The van der Waals surface area contributed by atoms with Gasteiger partial charge in [-0.1, -0.05) is 19.4 Å². The van der Waals surface area contributed by atoms with Crippen LogP contribution in [0.1, 0.15) is 58.3 Å². The second-order valence-corrected chi connectivity index (χ2v) is 8.71. The zero-order chi connectivity index (χ0) is 18.1. The van der Waals surface area contributed by atoms with E-state index in [9.17, 15) is 9.59 Å². The Balaban J connectivity index is 1.42. The molecule has 4 bridgehead atoms. The molecule has 0 aliphatic heterocycles. The number of unbranched alkanes of at least 4 members (excludes halogenated alkanes) is 1. The number of anilines is 1. The van der Waals surface area contributed by atoms with Crippen molar-refractivity contribution in [2.75, 3.05) is 11.9 Å². The van der Waals surface area contributed by atoms with E-state index in [0.717, 1.165) is 37.9 Å². The van der Waals surface area contributed by atoms with Crippen LogP contribution in [-0.4, -0.2) is 18.3 Å². The zero-order valence-electron chi connectivity index (χ0n) is 15.6. The van der Waals surface area contributed by atoms with Gasteiger partial charge in [0.15, 0.2) is 0 Å². The summed E-state index contributed by atoms with van der Waals surface area (Å²) in [6.45, 7) is 2.79. The molecule has 140 valence electrons. The normalized spacial score (nSPS) is 31.7. The Labute approximate surface area is 155 Å². The average Bonchev–Trinajstić information content (AvgIpc) is 2.60. The molecule has 1 aromatic rings. The number of benzene rings is 1. The maximum absolute atomic E-state index is 13.1. The number of ether oxygens (including phenoxy) is 1. The first-order chi connectivity index (χ1) is 12.6. The fraction of sp³-hybridized carbons (Fsp3) is 0.636. The third kappa shape index (κ3) is 3.38. The van der Waals surface area contributed by atoms with Crippen molar-refractivity contribution in [1.29, 1.82) is 0 Å². The zero-order valence-corrected chi connectivity index (χ0v) is 15.6. The quantitative estimate of drug-likeness (QED) is 0.575. The Morgan fingerprint density at radius 3 is 2.38 bits per heavy atom. The summed E-state index contributed by atoms with van der Waals surface area (Å²) in [6.07, 6.45) is 8.65. The molecule has 0 atom stereocenters. The van der Waals surface area contributed by atoms with E-state index in [2.05, 4.69) is 12.2 Å². The monoisotopic (exact) mass is 355 g/mol. The third-order valence-corrected chi connectivity index (χ3v) is 6.58. The molecule has 4 heteroatoms. The van der Waals surface area contributed by atoms with Gasteiger partial charge in [0.2, 0.25) is 5.78 Å². The number of hydrogen-bond donors (Lipinski definition) is 1. The van der Waals surface area contributed by atoms with E-state index >= 15 is 0 Å². The molecule has 0 unspecified atom stereocenters. The summed E-state index contributed by atoms with van der Waals surface area (Å²) in [5.41, 5.74) is 0.260. The molecule has 26 heavy (non-hydrogen) atoms. The molecule has 4 aliphatic carbocycles. The lowest BCUT2D eigenvalue weighted by atomic mass is 9.48. The van der Waals surface area contributed by atoms with Gasteiger partial charge in [0.1, 0.15) is 5.75 Å². The van der Waals surface area contributed by atoms with Crippen LogP contribution in [0.15, 0.2) is 24.3 Å². The van der Waals surface area contributed by atoms with Crippen molar-refractivity contribution in [1.82, 2.24) is 0 Å². The minimum atomic E-state index is -0.447. The molecule has 4 saturated carbocycles. The topological polar surface area (TPSA) is 55.4 Å². The number of hydrogen-bond acceptors (Lipinski definition) is 3. The Hall–Kier alpha value is -1.84. The Bertz CT molecular complexity index is 661. The number of Topliss-reactive ketones (excluding diaryl/α,β-unsaturated/α-hetero) is 1. The molecule has 4 aliphatic rings. The van der Waals surface area contributed by atoms with Crippen molar-refractivity contribution in [3.63, 3.8) is 0 Å². The lowest BCUT2D eigenvalue weighted by molar-refractivity contribution is -0.151. The molecule has 4 fully saturated rings. The van der Waals surface area contributed by atoms with Crippen LogP contribution in [0.2, 0.25) is 0 Å². The van der Waals surface area contributed by atoms with Crippen molar-refractivity contribution < 1.29 is 14.3 Å². The van der Waals surface area contributed by atoms with Gasteiger partial charge in [-0.15, -0.1) is 0 Å². The third-order valence-electron chi connectivity index (χ3n) is 6.58. The Kier molecular flexibility index (Phi) is 4.76. The Morgan fingerprint density at radius 1 is 1.12 bits per heavy atom. The molecule has 5 rings (SSSR count). The van der Waals surface area contributed by atoms with Gasteiger partial charge in [0.25, 0.3) is 5.91 Å². The molecule has 0 spiro atoms. The summed E-state index contributed by atoms with van der Waals surface area (Å²) < 4.78 is 5.69. The van der Waals surface area contributed by atoms with Gasteiger partial charge in [-0.3, -0.25) is 9.59 Å². The van der Waals surface area contributed by atoms with Crippen LogP contribution in [0.4, 0.5) is 5.69 Å². The standard InChI is InChI=1S/C22H29NO3/c1-2-3-7-26-19-6-4-5-18(11-19)23-21(25)20(24)22-12-15-8-16(13-22)10-17(9-15)14-22/h4-6,11,15-17H,2-3,7-10,12-14H2,1H3,(H,23,25). The van der Waals surface area contributed by atoms with Crippen LogP contribution >= 0.6 is 0 Å². The molecule has 0 radical (unpaired) electrons. The minimum absolute atomic E-state index is 0.186. The van der Waals surface area contributed by atoms with Crippen LogP contribution < -0.4 is 10.1 Å². The van der Waals surface area contributed by atoms with Crippen LogP contribution in [0.25, 0.3) is 0 Å². The number of carbonyl (C=O) groups is 2. The predicted octanol–water partition coefficient (Wildman–Crippen LogP) is 4.59. The second-order valence-electron chi connectivity index (χ2n) is 8.71. The number of amides is 1. The molecular formula is C22H29NO3. The summed E-state index contributed by atoms with van der Waals surface area (Å²) in [7, 11) is 0. The van der Waals surface area contributed by atoms with E-state index in [1.807, 2.05) is 18.2 Å².